The van der Waals surface area contributed by atoms with E-state index in [0.29, 0.717) is 25.9 Å². The molecule has 1 atom stereocenters. The first-order valence-corrected chi connectivity index (χ1v) is 11.7. The Morgan fingerprint density at radius 3 is 2.56 bits per heavy atom. The minimum atomic E-state index is -0.724. The van der Waals surface area contributed by atoms with Gasteiger partial charge in [0.05, 0.1) is 19.1 Å². The number of hydrogen-bond donors (Lipinski definition) is 2. The smallest absolute Gasteiger partial charge is 0.330 e. The summed E-state index contributed by atoms with van der Waals surface area (Å²) in [6.45, 7) is 1.38. The summed E-state index contributed by atoms with van der Waals surface area (Å²) in [4.78, 5) is 57.1. The number of aromatic amines is 1. The summed E-state index contributed by atoms with van der Waals surface area (Å²) in [6.07, 6.45) is 3.14. The van der Waals surface area contributed by atoms with Crippen LogP contribution in [0, 0.1) is 11.8 Å². The van der Waals surface area contributed by atoms with E-state index in [4.69, 9.17) is 10.5 Å². The van der Waals surface area contributed by atoms with Crippen LogP contribution in [0.4, 0.5) is 11.5 Å². The van der Waals surface area contributed by atoms with Gasteiger partial charge >= 0.3 is 5.69 Å². The Balaban J connectivity index is 1.65. The summed E-state index contributed by atoms with van der Waals surface area (Å²) >= 11 is 0. The highest BCUT2D eigenvalue weighted by molar-refractivity contribution is 5.97. The van der Waals surface area contributed by atoms with Gasteiger partial charge in [0.2, 0.25) is 11.8 Å². The molecule has 0 bridgehead atoms. The predicted molar refractivity (Wildman–Crippen MR) is 128 cm³/mol. The molecular weight excluding hydrogens is 438 g/mol. The van der Waals surface area contributed by atoms with Gasteiger partial charge in [0.1, 0.15) is 5.82 Å². The summed E-state index contributed by atoms with van der Waals surface area (Å²) < 4.78 is 6.43. The van der Waals surface area contributed by atoms with Crippen molar-refractivity contribution in [3.05, 3.63) is 56.7 Å². The fraction of sp³-hybridized carbons (Fsp3) is 0.500. The zero-order valence-electron chi connectivity index (χ0n) is 19.4. The SMILES string of the molecule is COCCN(C(=O)C1CCCN(C(=O)C2CC2)C1)c1c(N)n(Cc2ccccc2)c(=O)[nH]c1=O. The number of ether oxygens (including phenoxy) is 1. The Hall–Kier alpha value is -3.40. The maximum atomic E-state index is 13.7. The van der Waals surface area contributed by atoms with Crippen molar-refractivity contribution in [1.29, 1.82) is 0 Å². The fourth-order valence-corrected chi connectivity index (χ4v) is 4.46. The molecule has 2 aliphatic rings. The molecule has 0 spiro atoms. The lowest BCUT2D eigenvalue weighted by molar-refractivity contribution is -0.136. The number of carbonyl (C=O) groups excluding carboxylic acids is 2. The molecule has 2 fully saturated rings. The number of aromatic nitrogens is 2. The van der Waals surface area contributed by atoms with Crippen molar-refractivity contribution in [2.75, 3.05) is 44.0 Å². The molecule has 3 N–H and O–H groups in total. The molecule has 1 aliphatic carbocycles. The molecule has 1 unspecified atom stereocenters. The Bertz CT molecular complexity index is 1150. The van der Waals surface area contributed by atoms with Crippen LogP contribution in [0.25, 0.3) is 0 Å². The van der Waals surface area contributed by atoms with Crippen LogP contribution in [0.15, 0.2) is 39.9 Å². The third-order valence-electron chi connectivity index (χ3n) is 6.46. The molecule has 2 amide bonds. The van der Waals surface area contributed by atoms with E-state index in [9.17, 15) is 19.2 Å². The van der Waals surface area contributed by atoms with Gasteiger partial charge in [-0.25, -0.2) is 4.79 Å². The average Bonchev–Trinajstić information content (AvgIpc) is 3.69. The molecule has 4 rings (SSSR count). The Labute approximate surface area is 197 Å². The third-order valence-corrected chi connectivity index (χ3v) is 6.46. The number of nitrogen functional groups attached to an aromatic ring is 1. The lowest BCUT2D eigenvalue weighted by atomic mass is 9.95. The number of likely N-dealkylation sites (tertiary alicyclic amines) is 1. The summed E-state index contributed by atoms with van der Waals surface area (Å²) in [5.41, 5.74) is 5.73. The van der Waals surface area contributed by atoms with E-state index in [0.717, 1.165) is 18.4 Å². The van der Waals surface area contributed by atoms with Crippen LogP contribution < -0.4 is 21.9 Å². The quantitative estimate of drug-likeness (QED) is 0.588. The molecular formula is C24H31N5O5. The van der Waals surface area contributed by atoms with Crippen LogP contribution >= 0.6 is 0 Å². The normalized spacial score (nSPS) is 18.0. The van der Waals surface area contributed by atoms with Gasteiger partial charge in [0.15, 0.2) is 5.69 Å². The van der Waals surface area contributed by atoms with Crippen molar-refractivity contribution in [3.63, 3.8) is 0 Å². The second-order valence-corrected chi connectivity index (χ2v) is 8.95. The van der Waals surface area contributed by atoms with E-state index in [-0.39, 0.29) is 48.9 Å². The van der Waals surface area contributed by atoms with Gasteiger partial charge in [-0.3, -0.25) is 23.9 Å². The molecule has 2 heterocycles. The number of rotatable bonds is 8. The maximum Gasteiger partial charge on any atom is 0.330 e. The van der Waals surface area contributed by atoms with Gasteiger partial charge in [-0.05, 0) is 31.2 Å². The summed E-state index contributed by atoms with van der Waals surface area (Å²) in [7, 11) is 1.50. The molecule has 1 aromatic heterocycles. The van der Waals surface area contributed by atoms with Crippen molar-refractivity contribution in [2.45, 2.75) is 32.2 Å². The Morgan fingerprint density at radius 2 is 1.88 bits per heavy atom. The van der Waals surface area contributed by atoms with Crippen molar-refractivity contribution in [3.8, 4) is 0 Å². The zero-order valence-corrected chi connectivity index (χ0v) is 19.4. The maximum absolute atomic E-state index is 13.7. The lowest BCUT2D eigenvalue weighted by Gasteiger charge is -2.35. The zero-order chi connectivity index (χ0) is 24.2. The number of nitrogens with two attached hydrogens (primary N) is 1. The number of benzene rings is 1. The first kappa shape index (κ1) is 23.7. The highest BCUT2D eigenvalue weighted by Gasteiger charge is 2.38. The molecule has 182 valence electrons. The van der Waals surface area contributed by atoms with Gasteiger partial charge in [-0.2, -0.15) is 0 Å². The number of carbonyl (C=O) groups is 2. The van der Waals surface area contributed by atoms with Crippen LogP contribution in [-0.4, -0.2) is 59.6 Å². The first-order valence-electron chi connectivity index (χ1n) is 11.7. The van der Waals surface area contributed by atoms with E-state index in [1.165, 1.54) is 16.6 Å². The molecule has 1 aliphatic heterocycles. The van der Waals surface area contributed by atoms with Crippen LogP contribution in [0.3, 0.4) is 0 Å². The molecule has 34 heavy (non-hydrogen) atoms. The largest absolute Gasteiger partial charge is 0.383 e. The number of methoxy groups -OCH3 is 1. The molecule has 1 saturated carbocycles. The molecule has 10 heteroatoms. The number of hydrogen-bond acceptors (Lipinski definition) is 6. The van der Waals surface area contributed by atoms with Gasteiger partial charge in [0.25, 0.3) is 5.56 Å². The monoisotopic (exact) mass is 469 g/mol. The summed E-state index contributed by atoms with van der Waals surface area (Å²) in [6, 6.07) is 9.24. The lowest BCUT2D eigenvalue weighted by Crippen LogP contribution is -2.50. The first-order chi connectivity index (χ1) is 16.4. The number of piperidine rings is 1. The standard InChI is InChI=1S/C24H31N5O5/c1-34-13-12-28(23(32)18-8-5-11-27(15-18)22(31)17-9-10-17)19-20(25)29(24(33)26-21(19)30)14-16-6-3-2-4-7-16/h2-4,6-7,17-18H,5,8-15,25H2,1H3,(H,26,30,33). The van der Waals surface area contributed by atoms with E-state index < -0.39 is 17.2 Å². The van der Waals surface area contributed by atoms with E-state index in [2.05, 4.69) is 4.98 Å². The Morgan fingerprint density at radius 1 is 1.15 bits per heavy atom. The molecule has 2 aromatic rings. The summed E-state index contributed by atoms with van der Waals surface area (Å²) in [5.74, 6) is -0.647. The average molecular weight is 470 g/mol. The topological polar surface area (TPSA) is 131 Å². The Kier molecular flexibility index (Phi) is 7.16. The fourth-order valence-electron chi connectivity index (χ4n) is 4.46. The van der Waals surface area contributed by atoms with Gasteiger partial charge in [-0.15, -0.1) is 0 Å². The van der Waals surface area contributed by atoms with E-state index in [1.807, 2.05) is 30.3 Å². The number of nitrogens with zero attached hydrogens (tertiary/aromatic N) is 3. The number of anilines is 2. The second-order valence-electron chi connectivity index (χ2n) is 8.95. The second kappa shape index (κ2) is 10.3. The molecule has 0 radical (unpaired) electrons. The molecule has 1 aromatic carbocycles. The van der Waals surface area contributed by atoms with Crippen LogP contribution in [0.1, 0.15) is 31.2 Å². The van der Waals surface area contributed by atoms with Gasteiger partial charge < -0.3 is 20.3 Å². The van der Waals surface area contributed by atoms with Gasteiger partial charge in [0, 0.05) is 32.7 Å². The molecule has 10 nitrogen and oxygen atoms in total. The van der Waals surface area contributed by atoms with Crippen molar-refractivity contribution in [1.82, 2.24) is 14.5 Å². The van der Waals surface area contributed by atoms with Crippen LogP contribution in [0.5, 0.6) is 0 Å². The highest BCUT2D eigenvalue weighted by atomic mass is 16.5. The minimum Gasteiger partial charge on any atom is -0.383 e. The van der Waals surface area contributed by atoms with E-state index in [1.54, 1.807) is 4.90 Å². The van der Waals surface area contributed by atoms with Crippen molar-refractivity contribution < 1.29 is 14.3 Å². The van der Waals surface area contributed by atoms with Gasteiger partial charge in [-0.1, -0.05) is 30.3 Å². The van der Waals surface area contributed by atoms with E-state index >= 15 is 0 Å². The van der Waals surface area contributed by atoms with Crippen LogP contribution in [0.2, 0.25) is 0 Å². The third kappa shape index (κ3) is 5.06. The van der Waals surface area contributed by atoms with Crippen molar-refractivity contribution >= 4 is 23.3 Å². The van der Waals surface area contributed by atoms with Crippen LogP contribution in [-0.2, 0) is 20.9 Å². The minimum absolute atomic E-state index is 0.0665. The predicted octanol–water partition coefficient (Wildman–Crippen LogP) is 0.795. The molecule has 1 saturated heterocycles. The van der Waals surface area contributed by atoms with Crippen molar-refractivity contribution in [2.24, 2.45) is 11.8 Å². The summed E-state index contributed by atoms with van der Waals surface area (Å²) in [5, 5.41) is 0. The number of amides is 2. The highest BCUT2D eigenvalue weighted by Crippen LogP contribution is 2.33. The number of nitrogens with one attached hydrogen (secondary N) is 1. The number of H-pyrrole nitrogens is 1.